The molecule has 1 fully saturated rings. The van der Waals surface area contributed by atoms with Gasteiger partial charge in [0.2, 0.25) is 10.0 Å². The van der Waals surface area contributed by atoms with Gasteiger partial charge in [-0.15, -0.1) is 0 Å². The second-order valence-corrected chi connectivity index (χ2v) is 6.89. The number of benzene rings is 1. The number of anilines is 1. The fourth-order valence-electron chi connectivity index (χ4n) is 1.98. The quantitative estimate of drug-likeness (QED) is 0.829. The average molecular weight is 284 g/mol. The van der Waals surface area contributed by atoms with Crippen LogP contribution >= 0.6 is 0 Å². The predicted molar refractivity (Wildman–Crippen MR) is 74.7 cm³/mol. The van der Waals surface area contributed by atoms with Crippen LogP contribution in [0.1, 0.15) is 13.8 Å². The third-order valence-electron chi connectivity index (χ3n) is 3.12. The molecular weight excluding hydrogens is 264 g/mol. The smallest absolute Gasteiger partial charge is 0.242 e. The molecule has 0 unspecified atom stereocenters. The largest absolute Gasteiger partial charge is 0.383 e. The molecule has 1 aliphatic rings. The summed E-state index contributed by atoms with van der Waals surface area (Å²) in [4.78, 5) is 0.292. The normalized spacial score (nSPS) is 17.8. The highest BCUT2D eigenvalue weighted by atomic mass is 32.2. The van der Waals surface area contributed by atoms with E-state index >= 15 is 0 Å². The second kappa shape index (κ2) is 5.48. The summed E-state index contributed by atoms with van der Waals surface area (Å²) in [5.41, 5.74) is 0.728. The maximum atomic E-state index is 12.1. The molecule has 2 rings (SSSR count). The van der Waals surface area contributed by atoms with Gasteiger partial charge in [0, 0.05) is 18.5 Å². The molecule has 2 N–H and O–H groups in total. The second-order valence-electron chi connectivity index (χ2n) is 5.15. The van der Waals surface area contributed by atoms with E-state index in [1.165, 1.54) is 0 Å². The van der Waals surface area contributed by atoms with Gasteiger partial charge >= 0.3 is 0 Å². The standard InChI is InChI=1S/C13H20N2O3S/c1-3-15-19(16,17)12-7-5-4-6-11(12)14-8-13(2)9-18-10-13/h4-7,14-15H,3,8-10H2,1-2H3. The maximum Gasteiger partial charge on any atom is 0.242 e. The molecule has 0 amide bonds. The minimum Gasteiger partial charge on any atom is -0.383 e. The summed E-state index contributed by atoms with van der Waals surface area (Å²) in [6.45, 7) is 6.38. The van der Waals surface area contributed by atoms with Gasteiger partial charge < -0.3 is 10.1 Å². The van der Waals surface area contributed by atoms with Gasteiger partial charge in [-0.25, -0.2) is 13.1 Å². The number of nitrogens with one attached hydrogen (secondary N) is 2. The summed E-state index contributed by atoms with van der Waals surface area (Å²) >= 11 is 0. The predicted octanol–water partition coefficient (Wildman–Crippen LogP) is 1.43. The fourth-order valence-corrected chi connectivity index (χ4v) is 3.20. The molecule has 5 nitrogen and oxygen atoms in total. The van der Waals surface area contributed by atoms with Crippen molar-refractivity contribution >= 4 is 15.7 Å². The molecule has 0 radical (unpaired) electrons. The van der Waals surface area contributed by atoms with Crippen molar-refractivity contribution in [2.24, 2.45) is 5.41 Å². The van der Waals surface area contributed by atoms with Crippen molar-refractivity contribution < 1.29 is 13.2 Å². The van der Waals surface area contributed by atoms with E-state index in [1.807, 2.05) is 6.07 Å². The summed E-state index contributed by atoms with van der Waals surface area (Å²) in [7, 11) is -3.44. The molecule has 0 aromatic heterocycles. The number of rotatable bonds is 6. The first-order valence-corrected chi connectivity index (χ1v) is 7.85. The Morgan fingerprint density at radius 3 is 2.58 bits per heavy atom. The van der Waals surface area contributed by atoms with Gasteiger partial charge in [0.05, 0.1) is 18.9 Å². The lowest BCUT2D eigenvalue weighted by Gasteiger charge is -2.38. The van der Waals surface area contributed by atoms with Gasteiger partial charge in [-0.2, -0.15) is 0 Å². The van der Waals surface area contributed by atoms with Crippen molar-refractivity contribution in [3.63, 3.8) is 0 Å². The van der Waals surface area contributed by atoms with Gasteiger partial charge in [-0.05, 0) is 12.1 Å². The van der Waals surface area contributed by atoms with Crippen LogP contribution in [-0.4, -0.2) is 34.7 Å². The first-order chi connectivity index (χ1) is 8.97. The maximum absolute atomic E-state index is 12.1. The zero-order valence-electron chi connectivity index (χ0n) is 11.3. The van der Waals surface area contributed by atoms with Crippen LogP contribution in [0.25, 0.3) is 0 Å². The van der Waals surface area contributed by atoms with E-state index in [1.54, 1.807) is 25.1 Å². The molecule has 0 atom stereocenters. The summed E-state index contributed by atoms with van der Waals surface area (Å²) in [6.07, 6.45) is 0. The van der Waals surface area contributed by atoms with Crippen LogP contribution < -0.4 is 10.0 Å². The molecule has 1 aromatic rings. The highest BCUT2D eigenvalue weighted by Gasteiger charge is 2.33. The van der Waals surface area contributed by atoms with Gasteiger partial charge in [0.1, 0.15) is 4.90 Å². The van der Waals surface area contributed by atoms with Gasteiger partial charge in [-0.3, -0.25) is 0 Å². The zero-order chi connectivity index (χ0) is 13.9. The van der Waals surface area contributed by atoms with Gasteiger partial charge in [0.25, 0.3) is 0 Å². The first-order valence-electron chi connectivity index (χ1n) is 6.37. The van der Waals surface area contributed by atoms with Crippen molar-refractivity contribution in [2.75, 3.05) is 31.6 Å². The van der Waals surface area contributed by atoms with Crippen molar-refractivity contribution in [2.45, 2.75) is 18.7 Å². The Kier molecular flexibility index (Phi) is 4.13. The van der Waals surface area contributed by atoms with E-state index in [9.17, 15) is 8.42 Å². The van der Waals surface area contributed by atoms with E-state index in [0.717, 1.165) is 0 Å². The van der Waals surface area contributed by atoms with E-state index in [-0.39, 0.29) is 5.41 Å². The van der Waals surface area contributed by atoms with Gasteiger partial charge in [-0.1, -0.05) is 26.0 Å². The third-order valence-corrected chi connectivity index (χ3v) is 4.72. The number of hydrogen-bond acceptors (Lipinski definition) is 4. The average Bonchev–Trinajstić information content (AvgIpc) is 2.34. The minimum atomic E-state index is -3.44. The van der Waals surface area contributed by atoms with E-state index in [2.05, 4.69) is 17.0 Å². The van der Waals surface area contributed by atoms with Crippen LogP contribution in [0.2, 0.25) is 0 Å². The van der Waals surface area contributed by atoms with E-state index in [0.29, 0.717) is 36.9 Å². The molecule has 1 aliphatic heterocycles. The zero-order valence-corrected chi connectivity index (χ0v) is 12.1. The Morgan fingerprint density at radius 2 is 2.00 bits per heavy atom. The molecular formula is C13H20N2O3S. The monoisotopic (exact) mass is 284 g/mol. The lowest BCUT2D eigenvalue weighted by atomic mass is 9.89. The lowest BCUT2D eigenvalue weighted by molar-refractivity contribution is -0.0924. The van der Waals surface area contributed by atoms with Crippen molar-refractivity contribution in [3.8, 4) is 0 Å². The highest BCUT2D eigenvalue weighted by molar-refractivity contribution is 7.89. The number of hydrogen-bond donors (Lipinski definition) is 2. The van der Waals surface area contributed by atoms with Crippen molar-refractivity contribution in [1.29, 1.82) is 0 Å². The summed E-state index contributed by atoms with van der Waals surface area (Å²) in [5, 5.41) is 3.22. The molecule has 0 bridgehead atoms. The molecule has 0 saturated carbocycles. The fraction of sp³-hybridized carbons (Fsp3) is 0.538. The Balaban J connectivity index is 2.16. The molecule has 1 saturated heterocycles. The van der Waals surface area contributed by atoms with Crippen LogP contribution in [0.4, 0.5) is 5.69 Å². The van der Waals surface area contributed by atoms with Gasteiger partial charge in [0.15, 0.2) is 0 Å². The Labute approximate surface area is 114 Å². The summed E-state index contributed by atoms with van der Waals surface area (Å²) in [6, 6.07) is 6.95. The molecule has 0 aliphatic carbocycles. The Morgan fingerprint density at radius 1 is 1.32 bits per heavy atom. The van der Waals surface area contributed by atoms with Crippen LogP contribution in [0.5, 0.6) is 0 Å². The molecule has 1 aromatic carbocycles. The molecule has 106 valence electrons. The SMILES string of the molecule is CCNS(=O)(=O)c1ccccc1NCC1(C)COC1. The molecule has 19 heavy (non-hydrogen) atoms. The summed E-state index contributed by atoms with van der Waals surface area (Å²) < 4.78 is 31.9. The minimum absolute atomic E-state index is 0.0923. The molecule has 1 heterocycles. The van der Waals surface area contributed by atoms with Crippen LogP contribution in [-0.2, 0) is 14.8 Å². The number of ether oxygens (including phenoxy) is 1. The third kappa shape index (κ3) is 3.26. The van der Waals surface area contributed by atoms with Crippen LogP contribution in [0, 0.1) is 5.41 Å². The summed E-state index contributed by atoms with van der Waals surface area (Å²) in [5.74, 6) is 0. The number of sulfonamides is 1. The molecule has 0 spiro atoms. The Hall–Kier alpha value is -1.11. The van der Waals surface area contributed by atoms with E-state index < -0.39 is 10.0 Å². The number of para-hydroxylation sites is 1. The van der Waals surface area contributed by atoms with Crippen molar-refractivity contribution in [3.05, 3.63) is 24.3 Å². The van der Waals surface area contributed by atoms with Crippen molar-refractivity contribution in [1.82, 2.24) is 4.72 Å². The van der Waals surface area contributed by atoms with E-state index in [4.69, 9.17) is 4.74 Å². The molecule has 6 heteroatoms. The first kappa shape index (κ1) is 14.3. The van der Waals surface area contributed by atoms with Crippen LogP contribution in [0.3, 0.4) is 0 Å². The van der Waals surface area contributed by atoms with Crippen LogP contribution in [0.15, 0.2) is 29.2 Å². The topological polar surface area (TPSA) is 67.4 Å². The Bertz CT molecular complexity index is 539. The lowest BCUT2D eigenvalue weighted by Crippen LogP contribution is -2.45. The highest BCUT2D eigenvalue weighted by Crippen LogP contribution is 2.28.